The van der Waals surface area contributed by atoms with Crippen molar-refractivity contribution >= 4 is 52.5 Å². The number of aryl methyl sites for hydroxylation is 1. The first kappa shape index (κ1) is 20.3. The number of benzene rings is 2. The molecule has 8 heteroatoms. The van der Waals surface area contributed by atoms with E-state index in [1.165, 1.54) is 4.90 Å². The Morgan fingerprint density at radius 1 is 1.21 bits per heavy atom. The molecule has 0 spiro atoms. The Balaban J connectivity index is 2.02. The number of anilines is 1. The molecule has 1 saturated heterocycles. The molecule has 142 valence electrons. The summed E-state index contributed by atoms with van der Waals surface area (Å²) in [5, 5.41) is 9.94. The topological polar surface area (TPSA) is 87.2 Å². The zero-order valence-electron chi connectivity index (χ0n) is 14.8. The lowest BCUT2D eigenvalue weighted by Gasteiger charge is -2.18. The van der Waals surface area contributed by atoms with Gasteiger partial charge in [0.2, 0.25) is 5.91 Å². The third-order valence-corrected chi connectivity index (χ3v) is 6.22. The van der Waals surface area contributed by atoms with Crippen LogP contribution in [0.5, 0.6) is 0 Å². The molecule has 1 aliphatic rings. The average molecular weight is 432 g/mol. The van der Waals surface area contributed by atoms with Crippen LogP contribution in [0.25, 0.3) is 0 Å². The molecule has 2 aromatic rings. The summed E-state index contributed by atoms with van der Waals surface area (Å²) in [4.78, 5) is 26.3. The number of primary amides is 1. The average Bonchev–Trinajstić information content (AvgIpc) is 2.95. The molecule has 5 nitrogen and oxygen atoms in total. The molecule has 2 aromatic carbocycles. The number of amides is 2. The van der Waals surface area contributed by atoms with Crippen molar-refractivity contribution in [2.75, 3.05) is 4.90 Å². The van der Waals surface area contributed by atoms with Gasteiger partial charge in [-0.15, -0.1) is 0 Å². The van der Waals surface area contributed by atoms with Crippen LogP contribution in [-0.2, 0) is 16.0 Å². The molecule has 28 heavy (non-hydrogen) atoms. The van der Waals surface area contributed by atoms with Crippen LogP contribution in [0.4, 0.5) is 5.69 Å². The molecule has 1 aliphatic heterocycles. The minimum atomic E-state index is -0.870. The highest BCUT2D eigenvalue weighted by atomic mass is 35.5. The highest BCUT2D eigenvalue weighted by molar-refractivity contribution is 8.05. The number of nitriles is 1. The molecule has 1 fully saturated rings. The minimum Gasteiger partial charge on any atom is -0.365 e. The zero-order valence-corrected chi connectivity index (χ0v) is 17.1. The summed E-state index contributed by atoms with van der Waals surface area (Å²) in [5.41, 5.74) is 7.55. The minimum absolute atomic E-state index is 0.232. The van der Waals surface area contributed by atoms with Crippen LogP contribution in [0, 0.1) is 18.3 Å². The van der Waals surface area contributed by atoms with E-state index in [1.807, 2.05) is 25.1 Å². The van der Waals surface area contributed by atoms with Gasteiger partial charge in [0.25, 0.3) is 5.91 Å². The number of nitrogens with two attached hydrogens (primary N) is 1. The van der Waals surface area contributed by atoms with Crippen LogP contribution >= 0.6 is 35.0 Å². The maximum absolute atomic E-state index is 13.2. The van der Waals surface area contributed by atoms with Gasteiger partial charge < -0.3 is 5.73 Å². The number of rotatable bonds is 4. The summed E-state index contributed by atoms with van der Waals surface area (Å²) in [5.74, 6) is -1.10. The van der Waals surface area contributed by atoms with E-state index in [4.69, 9.17) is 28.9 Å². The second-order valence-electron chi connectivity index (χ2n) is 6.22. The first-order valence-corrected chi connectivity index (χ1v) is 9.90. The van der Waals surface area contributed by atoms with Crippen molar-refractivity contribution < 1.29 is 9.59 Å². The molecular formula is C20H15Cl2N3O2S. The number of thioether (sulfide) groups is 1. The van der Waals surface area contributed by atoms with Gasteiger partial charge >= 0.3 is 0 Å². The molecule has 3 rings (SSSR count). The Morgan fingerprint density at radius 3 is 2.46 bits per heavy atom. The SMILES string of the molecule is Cc1ccc(N2C(=O)C(Cc3ccc(Cl)c(Cl)c3)S/C2=C(/C#N)C(N)=O)cc1. The Bertz CT molecular complexity index is 1030. The normalized spacial score (nSPS) is 18.1. The quantitative estimate of drug-likeness (QED) is 0.579. The number of halogens is 2. The summed E-state index contributed by atoms with van der Waals surface area (Å²) >= 11 is 13.2. The Kier molecular flexibility index (Phi) is 5.99. The van der Waals surface area contributed by atoms with Gasteiger partial charge in [-0.1, -0.05) is 58.7 Å². The van der Waals surface area contributed by atoms with Crippen LogP contribution in [0.1, 0.15) is 11.1 Å². The van der Waals surface area contributed by atoms with Crippen LogP contribution in [-0.4, -0.2) is 17.1 Å². The number of hydrogen-bond donors (Lipinski definition) is 1. The van der Waals surface area contributed by atoms with Gasteiger partial charge in [-0.05, 0) is 43.2 Å². The van der Waals surface area contributed by atoms with E-state index in [9.17, 15) is 14.9 Å². The van der Waals surface area contributed by atoms with Crippen molar-refractivity contribution in [1.29, 1.82) is 5.26 Å². The van der Waals surface area contributed by atoms with Gasteiger partial charge in [-0.3, -0.25) is 14.5 Å². The largest absolute Gasteiger partial charge is 0.365 e. The van der Waals surface area contributed by atoms with E-state index in [0.29, 0.717) is 22.2 Å². The summed E-state index contributed by atoms with van der Waals surface area (Å²) in [6.07, 6.45) is 0.365. The van der Waals surface area contributed by atoms with Crippen molar-refractivity contribution in [2.45, 2.75) is 18.6 Å². The fourth-order valence-electron chi connectivity index (χ4n) is 2.81. The molecule has 0 radical (unpaired) electrons. The van der Waals surface area contributed by atoms with Gasteiger partial charge in [-0.2, -0.15) is 5.26 Å². The van der Waals surface area contributed by atoms with Crippen molar-refractivity contribution in [1.82, 2.24) is 0 Å². The third-order valence-electron chi connectivity index (χ3n) is 4.22. The van der Waals surface area contributed by atoms with Gasteiger partial charge in [-0.25, -0.2) is 0 Å². The molecule has 1 heterocycles. The molecule has 1 unspecified atom stereocenters. The van der Waals surface area contributed by atoms with E-state index in [1.54, 1.807) is 30.3 Å². The lowest BCUT2D eigenvalue weighted by atomic mass is 10.1. The van der Waals surface area contributed by atoms with Crippen molar-refractivity contribution in [2.24, 2.45) is 5.73 Å². The summed E-state index contributed by atoms with van der Waals surface area (Å²) in [6, 6.07) is 14.2. The predicted octanol–water partition coefficient (Wildman–Crippen LogP) is 4.21. The molecular weight excluding hydrogens is 417 g/mol. The summed E-state index contributed by atoms with van der Waals surface area (Å²) in [7, 11) is 0. The fourth-order valence-corrected chi connectivity index (χ4v) is 4.45. The zero-order chi connectivity index (χ0) is 20.4. The van der Waals surface area contributed by atoms with Crippen LogP contribution in [0.2, 0.25) is 10.0 Å². The number of carbonyl (C=O) groups is 2. The van der Waals surface area contributed by atoms with E-state index in [-0.39, 0.29) is 16.5 Å². The highest BCUT2D eigenvalue weighted by Gasteiger charge is 2.40. The Morgan fingerprint density at radius 2 is 1.89 bits per heavy atom. The van der Waals surface area contributed by atoms with Crippen LogP contribution in [0.15, 0.2) is 53.1 Å². The van der Waals surface area contributed by atoms with E-state index >= 15 is 0 Å². The van der Waals surface area contributed by atoms with Gasteiger partial charge in [0.15, 0.2) is 0 Å². The second kappa shape index (κ2) is 8.27. The molecule has 0 aromatic heterocycles. The van der Waals surface area contributed by atoms with Gasteiger partial charge in [0.05, 0.1) is 15.3 Å². The van der Waals surface area contributed by atoms with E-state index in [2.05, 4.69) is 0 Å². The maximum Gasteiger partial charge on any atom is 0.262 e. The second-order valence-corrected chi connectivity index (χ2v) is 8.23. The highest BCUT2D eigenvalue weighted by Crippen LogP contribution is 2.42. The molecule has 0 bridgehead atoms. The number of hydrogen-bond acceptors (Lipinski definition) is 4. The number of carbonyl (C=O) groups excluding carboxylic acids is 2. The number of nitrogens with zero attached hydrogens (tertiary/aromatic N) is 2. The Hall–Kier alpha value is -2.46. The molecule has 0 aliphatic carbocycles. The van der Waals surface area contributed by atoms with Crippen molar-refractivity contribution in [3.05, 3.63) is 74.2 Å². The monoisotopic (exact) mass is 431 g/mol. The predicted molar refractivity (Wildman–Crippen MR) is 112 cm³/mol. The Labute approximate surface area is 176 Å². The third kappa shape index (κ3) is 4.02. The fraction of sp³-hybridized carbons (Fsp3) is 0.150. The van der Waals surface area contributed by atoms with E-state index < -0.39 is 11.2 Å². The first-order valence-electron chi connectivity index (χ1n) is 8.27. The molecule has 2 amide bonds. The summed E-state index contributed by atoms with van der Waals surface area (Å²) in [6.45, 7) is 1.93. The smallest absolute Gasteiger partial charge is 0.262 e. The van der Waals surface area contributed by atoms with Crippen molar-refractivity contribution in [3.63, 3.8) is 0 Å². The summed E-state index contributed by atoms with van der Waals surface area (Å²) < 4.78 is 0. The molecule has 1 atom stereocenters. The van der Waals surface area contributed by atoms with Crippen molar-refractivity contribution in [3.8, 4) is 6.07 Å². The lowest BCUT2D eigenvalue weighted by molar-refractivity contribution is -0.117. The van der Waals surface area contributed by atoms with Crippen LogP contribution in [0.3, 0.4) is 0 Å². The van der Waals surface area contributed by atoms with Gasteiger partial charge in [0, 0.05) is 5.69 Å². The molecule has 2 N–H and O–H groups in total. The van der Waals surface area contributed by atoms with E-state index in [0.717, 1.165) is 22.9 Å². The molecule has 0 saturated carbocycles. The standard InChI is InChI=1S/C20H15Cl2N3O2S/c1-11-2-5-13(6-3-11)25-19(27)17(28-20(25)14(10-23)18(24)26)9-12-4-7-15(21)16(22)8-12/h2-8,17H,9H2,1H3,(H2,24,26)/b20-14-. The maximum atomic E-state index is 13.2. The lowest BCUT2D eigenvalue weighted by Crippen LogP contribution is -2.31. The van der Waals surface area contributed by atoms with Crippen LogP contribution < -0.4 is 10.6 Å². The first-order chi connectivity index (χ1) is 13.3. The van der Waals surface area contributed by atoms with Gasteiger partial charge in [0.1, 0.15) is 16.7 Å².